The Morgan fingerprint density at radius 1 is 0.761 bits per heavy atom. The number of hydrogen-bond donors (Lipinski definition) is 4. The van der Waals surface area contributed by atoms with Gasteiger partial charge in [0.05, 0.1) is 19.7 Å². The molecule has 14 nitrogen and oxygen atoms in total. The van der Waals surface area contributed by atoms with E-state index >= 15 is 0 Å². The van der Waals surface area contributed by atoms with Crippen LogP contribution in [0, 0.1) is 0 Å². The van der Waals surface area contributed by atoms with E-state index in [4.69, 9.17) is 9.47 Å². The van der Waals surface area contributed by atoms with E-state index in [1.54, 1.807) is 19.6 Å². The predicted molar refractivity (Wildman–Crippen MR) is 153 cm³/mol. The molecule has 0 aromatic heterocycles. The van der Waals surface area contributed by atoms with Gasteiger partial charge in [-0.05, 0) is 24.1 Å². The van der Waals surface area contributed by atoms with Crippen LogP contribution in [0.4, 0.5) is 17.6 Å². The lowest BCUT2D eigenvalue weighted by atomic mass is 10.0. The van der Waals surface area contributed by atoms with Crippen molar-refractivity contribution in [2.45, 2.75) is 30.9 Å². The molecule has 1 heterocycles. The first-order valence-corrected chi connectivity index (χ1v) is 14.3. The van der Waals surface area contributed by atoms with E-state index in [0.29, 0.717) is 5.56 Å². The van der Waals surface area contributed by atoms with Crippen LogP contribution in [-0.2, 0) is 30.3 Å². The fraction of sp³-hybridized carbons (Fsp3) is 0.643. The fourth-order valence-corrected chi connectivity index (χ4v) is 4.90. The second-order valence-corrected chi connectivity index (χ2v) is 10.8. The maximum absolute atomic E-state index is 13.2. The largest absolute Gasteiger partial charge is 0.487 e. The van der Waals surface area contributed by atoms with Gasteiger partial charge in [-0.3, -0.25) is 38.8 Å². The SMILES string of the molecule is COCC(C(=O)O)N1CCN(CC(=O)O)CCN(C(Cc2ccc(OCC(F)(F)C(F)F)cc2)C(=O)O)CCN(CC(=O)O)CC1. The van der Waals surface area contributed by atoms with Crippen LogP contribution in [0.5, 0.6) is 5.75 Å². The van der Waals surface area contributed by atoms with E-state index in [-0.39, 0.29) is 71.1 Å². The third-order valence-electron chi connectivity index (χ3n) is 7.41. The second-order valence-electron chi connectivity index (χ2n) is 10.8. The van der Waals surface area contributed by atoms with Gasteiger partial charge in [0, 0.05) is 59.5 Å². The van der Waals surface area contributed by atoms with Gasteiger partial charge in [-0.15, -0.1) is 0 Å². The molecule has 1 aromatic carbocycles. The number of methoxy groups -OCH3 is 1. The van der Waals surface area contributed by atoms with E-state index in [2.05, 4.69) is 0 Å². The zero-order valence-corrected chi connectivity index (χ0v) is 25.3. The summed E-state index contributed by atoms with van der Waals surface area (Å²) in [6.07, 6.45) is -4.00. The number of rotatable bonds is 16. The van der Waals surface area contributed by atoms with Gasteiger partial charge >= 0.3 is 36.2 Å². The van der Waals surface area contributed by atoms with Crippen LogP contribution in [0.3, 0.4) is 0 Å². The van der Waals surface area contributed by atoms with Gasteiger partial charge in [-0.2, -0.15) is 8.78 Å². The van der Waals surface area contributed by atoms with Crippen molar-refractivity contribution in [3.63, 3.8) is 0 Å². The highest BCUT2D eigenvalue weighted by Gasteiger charge is 2.41. The maximum Gasteiger partial charge on any atom is 0.340 e. The summed E-state index contributed by atoms with van der Waals surface area (Å²) in [5, 5.41) is 38.9. The molecule has 2 atom stereocenters. The molecule has 1 aromatic rings. The first-order chi connectivity index (χ1) is 21.6. The lowest BCUT2D eigenvalue weighted by Gasteiger charge is -2.36. The van der Waals surface area contributed by atoms with Gasteiger partial charge in [0.15, 0.2) is 6.61 Å². The van der Waals surface area contributed by atoms with Gasteiger partial charge in [0.1, 0.15) is 17.8 Å². The van der Waals surface area contributed by atoms with Crippen molar-refractivity contribution in [3.8, 4) is 5.75 Å². The minimum atomic E-state index is -4.35. The van der Waals surface area contributed by atoms with Gasteiger partial charge in [0.2, 0.25) is 0 Å². The average molecular weight is 669 g/mol. The average Bonchev–Trinajstić information content (AvgIpc) is 2.96. The highest BCUT2D eigenvalue weighted by atomic mass is 19.3. The Bertz CT molecular complexity index is 1120. The van der Waals surface area contributed by atoms with Crippen molar-refractivity contribution in [3.05, 3.63) is 29.8 Å². The van der Waals surface area contributed by atoms with Gasteiger partial charge in [-0.25, -0.2) is 8.78 Å². The van der Waals surface area contributed by atoms with Gasteiger partial charge in [-0.1, -0.05) is 12.1 Å². The topological polar surface area (TPSA) is 181 Å². The van der Waals surface area contributed by atoms with Crippen LogP contribution in [-0.4, -0.2) is 174 Å². The molecular formula is C28H40F4N4O10. The minimum absolute atomic E-state index is 0.0511. The number of aliphatic carboxylic acids is 4. The molecule has 0 amide bonds. The molecular weight excluding hydrogens is 628 g/mol. The number of carboxylic acid groups (broad SMARTS) is 4. The Kier molecular flexibility index (Phi) is 15.6. The van der Waals surface area contributed by atoms with Crippen molar-refractivity contribution in [2.75, 3.05) is 85.8 Å². The quantitative estimate of drug-likeness (QED) is 0.178. The van der Waals surface area contributed by atoms with Crippen LogP contribution >= 0.6 is 0 Å². The molecule has 1 saturated heterocycles. The van der Waals surface area contributed by atoms with Crippen LogP contribution in [0.2, 0.25) is 0 Å². The van der Waals surface area contributed by atoms with Crippen LogP contribution in [0.1, 0.15) is 5.56 Å². The maximum atomic E-state index is 13.2. The molecule has 1 aliphatic rings. The normalized spacial score (nSPS) is 18.3. The van der Waals surface area contributed by atoms with Crippen LogP contribution in [0.15, 0.2) is 24.3 Å². The summed E-state index contributed by atoms with van der Waals surface area (Å²) in [4.78, 5) is 53.9. The molecule has 0 spiro atoms. The van der Waals surface area contributed by atoms with Crippen LogP contribution in [0.25, 0.3) is 0 Å². The van der Waals surface area contributed by atoms with Crippen molar-refractivity contribution >= 4 is 23.9 Å². The van der Waals surface area contributed by atoms with E-state index in [9.17, 15) is 57.2 Å². The number of carbonyl (C=O) groups is 4. The number of carboxylic acids is 4. The minimum Gasteiger partial charge on any atom is -0.487 e. The van der Waals surface area contributed by atoms with Crippen molar-refractivity contribution in [1.82, 2.24) is 19.6 Å². The Labute approximate surface area is 262 Å². The molecule has 2 rings (SSSR count). The molecule has 1 aliphatic heterocycles. The Morgan fingerprint density at radius 2 is 1.20 bits per heavy atom. The Hall–Kier alpha value is -3.58. The monoisotopic (exact) mass is 668 g/mol. The summed E-state index contributed by atoms with van der Waals surface area (Å²) >= 11 is 0. The third-order valence-corrected chi connectivity index (χ3v) is 7.41. The molecule has 260 valence electrons. The lowest BCUT2D eigenvalue weighted by molar-refractivity contribution is -0.148. The van der Waals surface area contributed by atoms with E-state index in [1.807, 2.05) is 0 Å². The number of hydrogen-bond acceptors (Lipinski definition) is 10. The molecule has 0 radical (unpaired) electrons. The van der Waals surface area contributed by atoms with Crippen molar-refractivity contribution in [1.29, 1.82) is 0 Å². The summed E-state index contributed by atoms with van der Waals surface area (Å²) in [5.41, 5.74) is 0.449. The smallest absolute Gasteiger partial charge is 0.340 e. The summed E-state index contributed by atoms with van der Waals surface area (Å²) < 4.78 is 61.1. The third kappa shape index (κ3) is 13.0. The molecule has 2 unspecified atom stereocenters. The van der Waals surface area contributed by atoms with Gasteiger partial charge < -0.3 is 29.9 Å². The zero-order valence-electron chi connectivity index (χ0n) is 25.3. The summed E-state index contributed by atoms with van der Waals surface area (Å²) in [7, 11) is 1.34. The van der Waals surface area contributed by atoms with E-state index in [1.165, 1.54) is 31.4 Å². The molecule has 18 heteroatoms. The molecule has 1 fully saturated rings. The number of ether oxygens (including phenoxy) is 2. The summed E-state index contributed by atoms with van der Waals surface area (Å²) in [6.45, 7) is -1.82. The molecule has 0 aliphatic carbocycles. The summed E-state index contributed by atoms with van der Waals surface area (Å²) in [6, 6.07) is 3.05. The molecule has 0 saturated carbocycles. The summed E-state index contributed by atoms with van der Waals surface area (Å²) in [5.74, 6) is -9.16. The van der Waals surface area contributed by atoms with Crippen molar-refractivity contribution < 1.29 is 66.6 Å². The standard InChI is InChI=1S/C28H40F4N4O10/c1-45-17-22(26(43)44)36-12-8-33(15-23(37)38)6-10-35(11-7-34(9-13-36)16-24(39)40)21(25(41)42)14-19-2-4-20(5-3-19)46-18-28(31,32)27(29)30/h2-5,21-22,27H,6-18H2,1H3,(H,37,38)(H,39,40)(H,41,42)(H,43,44). The Morgan fingerprint density at radius 3 is 1.57 bits per heavy atom. The molecule has 0 bridgehead atoms. The predicted octanol–water partition coefficient (Wildman–Crippen LogP) is 0.452. The van der Waals surface area contributed by atoms with Crippen molar-refractivity contribution in [2.24, 2.45) is 0 Å². The number of alkyl halides is 4. The first kappa shape index (κ1) is 38.6. The van der Waals surface area contributed by atoms with E-state index in [0.717, 1.165) is 0 Å². The molecule has 46 heavy (non-hydrogen) atoms. The number of halogens is 4. The Balaban J connectivity index is 2.30. The fourth-order valence-electron chi connectivity index (χ4n) is 4.90. The first-order valence-electron chi connectivity index (χ1n) is 14.3. The number of nitrogens with zero attached hydrogens (tertiary/aromatic N) is 4. The second kappa shape index (κ2) is 18.5. The lowest BCUT2D eigenvalue weighted by Crippen LogP contribution is -2.54. The highest BCUT2D eigenvalue weighted by molar-refractivity contribution is 5.74. The molecule has 4 N–H and O–H groups in total. The van der Waals surface area contributed by atoms with E-state index < -0.39 is 68.0 Å². The number of benzene rings is 1. The van der Waals surface area contributed by atoms with Gasteiger partial charge in [0.25, 0.3) is 0 Å². The zero-order chi connectivity index (χ0) is 34.4. The highest BCUT2D eigenvalue weighted by Crippen LogP contribution is 2.25. The van der Waals surface area contributed by atoms with Crippen LogP contribution < -0.4 is 4.74 Å².